The minimum absolute atomic E-state index is 0. The second kappa shape index (κ2) is 5.07. The highest BCUT2D eigenvalue weighted by Crippen LogP contribution is 2.11. The zero-order valence-electron chi connectivity index (χ0n) is 6.86. The van der Waals surface area contributed by atoms with Gasteiger partial charge in [0.2, 0.25) is 0 Å². The van der Waals surface area contributed by atoms with Crippen molar-refractivity contribution in [2.75, 3.05) is 0 Å². The summed E-state index contributed by atoms with van der Waals surface area (Å²) in [7, 11) is 0. The van der Waals surface area contributed by atoms with E-state index in [1.54, 1.807) is 6.20 Å². The van der Waals surface area contributed by atoms with Gasteiger partial charge in [0.25, 0.3) is 0 Å². The maximum Gasteiger partial charge on any atom is 0.0653 e. The first-order valence-electron chi connectivity index (χ1n) is 3.52. The van der Waals surface area contributed by atoms with Crippen LogP contribution in [-0.4, -0.2) is 10.2 Å². The first-order valence-corrected chi connectivity index (χ1v) is 3.52. The third kappa shape index (κ3) is 2.34. The molecule has 3 nitrogen and oxygen atoms in total. The molecule has 2 rings (SSSR count). The lowest BCUT2D eigenvalue weighted by molar-refractivity contribution is 1.07. The van der Waals surface area contributed by atoms with E-state index in [2.05, 4.69) is 10.2 Å². The van der Waals surface area contributed by atoms with Crippen LogP contribution in [0.3, 0.4) is 0 Å². The predicted octanol–water partition coefficient (Wildman–Crippen LogP) is 1.87. The third-order valence-corrected chi connectivity index (χ3v) is 1.74. The number of hydrogen-bond acceptors (Lipinski definition) is 2. The highest BCUT2D eigenvalue weighted by Gasteiger charge is 1.94. The molecular formula is C8H11Cl2N3. The summed E-state index contributed by atoms with van der Waals surface area (Å²) in [4.78, 5) is 0. The largest absolute Gasteiger partial charge is 0.326 e. The van der Waals surface area contributed by atoms with Crippen molar-refractivity contribution in [3.8, 4) is 0 Å². The molecule has 0 unspecified atom stereocenters. The van der Waals surface area contributed by atoms with Gasteiger partial charge >= 0.3 is 0 Å². The van der Waals surface area contributed by atoms with E-state index in [1.165, 1.54) is 0 Å². The molecule has 72 valence electrons. The van der Waals surface area contributed by atoms with Crippen molar-refractivity contribution in [2.45, 2.75) is 6.54 Å². The number of aromatic nitrogens is 2. The van der Waals surface area contributed by atoms with Gasteiger partial charge in [-0.05, 0) is 11.6 Å². The fraction of sp³-hybridized carbons (Fsp3) is 0.125. The van der Waals surface area contributed by atoms with Gasteiger partial charge in [0.05, 0.1) is 11.7 Å². The molecule has 0 aliphatic carbocycles. The molecule has 0 bridgehead atoms. The van der Waals surface area contributed by atoms with E-state index in [1.807, 2.05) is 18.2 Å². The van der Waals surface area contributed by atoms with Crippen LogP contribution in [0.5, 0.6) is 0 Å². The van der Waals surface area contributed by atoms with Crippen molar-refractivity contribution in [1.29, 1.82) is 0 Å². The fourth-order valence-corrected chi connectivity index (χ4v) is 1.11. The van der Waals surface area contributed by atoms with E-state index < -0.39 is 0 Å². The molecule has 0 atom stereocenters. The lowest BCUT2D eigenvalue weighted by Gasteiger charge is -1.94. The molecule has 13 heavy (non-hydrogen) atoms. The molecule has 0 radical (unpaired) electrons. The molecule has 1 aromatic heterocycles. The Morgan fingerprint density at radius 3 is 2.77 bits per heavy atom. The molecule has 0 amide bonds. The van der Waals surface area contributed by atoms with Crippen LogP contribution in [0.15, 0.2) is 24.4 Å². The average Bonchev–Trinajstić information content (AvgIpc) is 2.50. The third-order valence-electron chi connectivity index (χ3n) is 1.74. The highest BCUT2D eigenvalue weighted by molar-refractivity contribution is 5.85. The number of nitrogens with one attached hydrogen (secondary N) is 1. The Bertz CT molecular complexity index is 372. The molecule has 0 saturated carbocycles. The Morgan fingerprint density at radius 2 is 2.08 bits per heavy atom. The molecule has 0 fully saturated rings. The fourth-order valence-electron chi connectivity index (χ4n) is 1.11. The summed E-state index contributed by atoms with van der Waals surface area (Å²) >= 11 is 0. The van der Waals surface area contributed by atoms with Crippen molar-refractivity contribution in [2.24, 2.45) is 5.73 Å². The Balaban J connectivity index is 0.000000720. The molecule has 0 saturated heterocycles. The summed E-state index contributed by atoms with van der Waals surface area (Å²) in [6, 6.07) is 6.04. The molecule has 5 heteroatoms. The Kier molecular flexibility index (Phi) is 4.77. The second-order valence-electron chi connectivity index (χ2n) is 2.50. The zero-order chi connectivity index (χ0) is 7.68. The van der Waals surface area contributed by atoms with Crippen LogP contribution < -0.4 is 5.73 Å². The lowest BCUT2D eigenvalue weighted by atomic mass is 10.2. The van der Waals surface area contributed by atoms with Gasteiger partial charge in [0, 0.05) is 11.9 Å². The smallest absolute Gasteiger partial charge is 0.0653 e. The summed E-state index contributed by atoms with van der Waals surface area (Å²) in [6.07, 6.45) is 1.80. The number of nitrogens with two attached hydrogens (primary N) is 1. The molecule has 1 heterocycles. The Morgan fingerprint density at radius 1 is 1.31 bits per heavy atom. The van der Waals surface area contributed by atoms with Gasteiger partial charge < -0.3 is 5.73 Å². The minimum Gasteiger partial charge on any atom is -0.326 e. The second-order valence-corrected chi connectivity index (χ2v) is 2.50. The molecular weight excluding hydrogens is 209 g/mol. The number of aromatic amines is 1. The normalized spacial score (nSPS) is 9.00. The maximum absolute atomic E-state index is 5.48. The summed E-state index contributed by atoms with van der Waals surface area (Å²) in [6.45, 7) is 0.578. The zero-order valence-corrected chi connectivity index (χ0v) is 8.49. The van der Waals surface area contributed by atoms with Crippen LogP contribution >= 0.6 is 24.8 Å². The monoisotopic (exact) mass is 219 g/mol. The van der Waals surface area contributed by atoms with Crippen molar-refractivity contribution >= 4 is 35.7 Å². The first-order chi connectivity index (χ1) is 5.40. The Hall–Kier alpha value is -0.770. The van der Waals surface area contributed by atoms with Gasteiger partial charge in [-0.2, -0.15) is 5.10 Å². The van der Waals surface area contributed by atoms with Gasteiger partial charge in [0.15, 0.2) is 0 Å². The van der Waals surface area contributed by atoms with Crippen LogP contribution in [0.25, 0.3) is 10.9 Å². The topological polar surface area (TPSA) is 54.7 Å². The van der Waals surface area contributed by atoms with E-state index >= 15 is 0 Å². The number of fused-ring (bicyclic) bond motifs is 1. The van der Waals surface area contributed by atoms with E-state index in [0.717, 1.165) is 16.5 Å². The Labute approximate surface area is 88.5 Å². The number of H-pyrrole nitrogens is 1. The van der Waals surface area contributed by atoms with E-state index in [-0.39, 0.29) is 24.8 Å². The van der Waals surface area contributed by atoms with Crippen LogP contribution in [0.2, 0.25) is 0 Å². The van der Waals surface area contributed by atoms with Crippen LogP contribution in [0.1, 0.15) is 5.56 Å². The standard InChI is InChI=1S/C8H9N3.2ClH/c9-4-6-1-2-7-5-10-11-8(7)3-6;;/h1-3,5H,4,9H2,(H,10,11);2*1H. The van der Waals surface area contributed by atoms with E-state index in [0.29, 0.717) is 6.54 Å². The molecule has 0 aliphatic rings. The average molecular weight is 220 g/mol. The van der Waals surface area contributed by atoms with Crippen LogP contribution in [0.4, 0.5) is 0 Å². The number of hydrogen-bond donors (Lipinski definition) is 2. The molecule has 1 aromatic carbocycles. The predicted molar refractivity (Wildman–Crippen MR) is 58.5 cm³/mol. The van der Waals surface area contributed by atoms with E-state index in [9.17, 15) is 0 Å². The van der Waals surface area contributed by atoms with Gasteiger partial charge in [-0.1, -0.05) is 12.1 Å². The SMILES string of the molecule is Cl.Cl.NCc1ccc2cn[nH]c2c1. The van der Waals surface area contributed by atoms with Crippen molar-refractivity contribution < 1.29 is 0 Å². The molecule has 3 N–H and O–H groups in total. The number of benzene rings is 1. The summed E-state index contributed by atoms with van der Waals surface area (Å²) < 4.78 is 0. The summed E-state index contributed by atoms with van der Waals surface area (Å²) in [5, 5.41) is 7.93. The number of nitrogens with zero attached hydrogens (tertiary/aromatic N) is 1. The number of halogens is 2. The maximum atomic E-state index is 5.48. The van der Waals surface area contributed by atoms with Crippen molar-refractivity contribution in [3.63, 3.8) is 0 Å². The lowest BCUT2D eigenvalue weighted by Crippen LogP contribution is -1.94. The molecule has 2 aromatic rings. The molecule has 0 aliphatic heterocycles. The van der Waals surface area contributed by atoms with Crippen LogP contribution in [0, 0.1) is 0 Å². The van der Waals surface area contributed by atoms with Gasteiger partial charge in [-0.25, -0.2) is 0 Å². The van der Waals surface area contributed by atoms with E-state index in [4.69, 9.17) is 5.73 Å². The molecule has 0 spiro atoms. The summed E-state index contributed by atoms with van der Waals surface area (Å²) in [5.74, 6) is 0. The highest BCUT2D eigenvalue weighted by atomic mass is 35.5. The van der Waals surface area contributed by atoms with Crippen LogP contribution in [-0.2, 0) is 6.54 Å². The first kappa shape index (κ1) is 12.2. The summed E-state index contributed by atoms with van der Waals surface area (Å²) in [5.41, 5.74) is 7.65. The van der Waals surface area contributed by atoms with Crippen molar-refractivity contribution in [3.05, 3.63) is 30.0 Å². The van der Waals surface area contributed by atoms with Gasteiger partial charge in [-0.3, -0.25) is 5.10 Å². The number of rotatable bonds is 1. The minimum atomic E-state index is 0. The van der Waals surface area contributed by atoms with Crippen molar-refractivity contribution in [1.82, 2.24) is 10.2 Å². The quantitative estimate of drug-likeness (QED) is 0.770. The van der Waals surface area contributed by atoms with Gasteiger partial charge in [-0.15, -0.1) is 24.8 Å². The van der Waals surface area contributed by atoms with Gasteiger partial charge in [0.1, 0.15) is 0 Å².